The second-order valence-corrected chi connectivity index (χ2v) is 18.3. The lowest BCUT2D eigenvalue weighted by Crippen LogP contribution is -2.19. The highest BCUT2D eigenvalue weighted by Gasteiger charge is 2.27. The molecule has 1 aliphatic carbocycles. The van der Waals surface area contributed by atoms with Crippen LogP contribution in [-0.2, 0) is 10.8 Å². The first-order valence-electron chi connectivity index (χ1n) is 20.6. The quantitative estimate of drug-likeness (QED) is 0.174. The molecule has 0 saturated heterocycles. The molecule has 0 fully saturated rings. The monoisotopic (exact) mass is 746 g/mol. The number of rotatable bonds is 4. The van der Waals surface area contributed by atoms with Gasteiger partial charge in [0.2, 0.25) is 0 Å². The van der Waals surface area contributed by atoms with Gasteiger partial charge in [-0.3, -0.25) is 0 Å². The minimum absolute atomic E-state index is 0.0700. The lowest BCUT2D eigenvalue weighted by Gasteiger charge is -2.33. The Morgan fingerprint density at radius 2 is 0.862 bits per heavy atom. The van der Waals surface area contributed by atoms with Crippen LogP contribution >= 0.6 is 0 Å². The molecule has 0 spiro atoms. The number of hydrogen-bond acceptors (Lipinski definition) is 1. The van der Waals surface area contributed by atoms with Gasteiger partial charge < -0.3 is 9.47 Å². The minimum atomic E-state index is -0.0700. The normalized spacial score (nSPS) is 12.7. The molecule has 0 aliphatic heterocycles. The summed E-state index contributed by atoms with van der Waals surface area (Å²) in [5.41, 5.74) is 15.2. The zero-order chi connectivity index (χ0) is 39.5. The fourth-order valence-corrected chi connectivity index (χ4v) is 9.43. The second kappa shape index (κ2) is 12.4. The maximum absolute atomic E-state index is 2.48. The van der Waals surface area contributed by atoms with Crippen LogP contribution < -0.4 is 4.90 Å². The molecule has 0 atom stereocenters. The zero-order valence-electron chi connectivity index (χ0n) is 34.1. The van der Waals surface area contributed by atoms with E-state index in [0.717, 1.165) is 11.4 Å². The zero-order valence-corrected chi connectivity index (χ0v) is 34.1. The number of hydrogen-bond donors (Lipinski definition) is 0. The van der Waals surface area contributed by atoms with E-state index in [0.29, 0.717) is 0 Å². The van der Waals surface area contributed by atoms with E-state index in [1.165, 1.54) is 98.9 Å². The van der Waals surface area contributed by atoms with Crippen molar-refractivity contribution >= 4 is 71.2 Å². The van der Waals surface area contributed by atoms with Crippen LogP contribution in [0.5, 0.6) is 0 Å². The van der Waals surface area contributed by atoms with E-state index >= 15 is 0 Å². The van der Waals surface area contributed by atoms with Crippen LogP contribution in [0.2, 0.25) is 0 Å². The Morgan fingerprint density at radius 3 is 1.45 bits per heavy atom. The minimum Gasteiger partial charge on any atom is -0.310 e. The number of para-hydroxylation sites is 2. The molecule has 0 unspecified atom stereocenters. The van der Waals surface area contributed by atoms with Crippen LogP contribution in [0.15, 0.2) is 170 Å². The summed E-state index contributed by atoms with van der Waals surface area (Å²) in [5, 5.41) is 10.1. The maximum Gasteiger partial charge on any atom is 0.0541 e. The summed E-state index contributed by atoms with van der Waals surface area (Å²) in [6.07, 6.45) is 0. The van der Waals surface area contributed by atoms with Crippen LogP contribution in [0, 0.1) is 0 Å². The van der Waals surface area contributed by atoms with E-state index in [4.69, 9.17) is 0 Å². The van der Waals surface area contributed by atoms with Crippen molar-refractivity contribution in [2.45, 2.75) is 52.4 Å². The van der Waals surface area contributed by atoms with Gasteiger partial charge in [-0.25, -0.2) is 0 Å². The lowest BCUT2D eigenvalue weighted by atomic mass is 9.78. The van der Waals surface area contributed by atoms with Crippen LogP contribution in [0.4, 0.5) is 17.1 Å². The molecule has 280 valence electrons. The van der Waals surface area contributed by atoms with Crippen molar-refractivity contribution in [3.05, 3.63) is 181 Å². The highest BCUT2D eigenvalue weighted by Crippen LogP contribution is 2.51. The van der Waals surface area contributed by atoms with Crippen molar-refractivity contribution in [2.75, 3.05) is 4.90 Å². The Morgan fingerprint density at radius 1 is 0.379 bits per heavy atom. The molecule has 0 saturated carbocycles. The molecule has 2 nitrogen and oxygen atoms in total. The highest BCUT2D eigenvalue weighted by molar-refractivity contribution is 6.13. The summed E-state index contributed by atoms with van der Waals surface area (Å²) >= 11 is 0. The summed E-state index contributed by atoms with van der Waals surface area (Å²) in [6.45, 7) is 13.8. The molecule has 2 heteroatoms. The standard InChI is InChI=1S/C56H46N2/c1-55(2,3)41-21-25-42(26-22-41)57(54-34-36-14-8-7-13-35(36)33-51(54)56(4,5)6)43-23-19-37-29-47-49(31-39(37)27-43)48-30-38-20-24-44(28-40(38)32-50(47)48)58-52-17-11-9-15-45(52)46-16-10-12-18-53(46)58/h7-34H,1-6H3. The van der Waals surface area contributed by atoms with Crippen LogP contribution in [0.3, 0.4) is 0 Å². The van der Waals surface area contributed by atoms with E-state index in [1.54, 1.807) is 0 Å². The molecular weight excluding hydrogens is 701 g/mol. The van der Waals surface area contributed by atoms with Crippen molar-refractivity contribution in [3.8, 4) is 27.9 Å². The summed E-state index contributed by atoms with van der Waals surface area (Å²) in [5.74, 6) is 0. The highest BCUT2D eigenvalue weighted by atomic mass is 15.1. The molecule has 0 bridgehead atoms. The van der Waals surface area contributed by atoms with Gasteiger partial charge in [-0.15, -0.1) is 0 Å². The van der Waals surface area contributed by atoms with Crippen LogP contribution in [0.1, 0.15) is 52.7 Å². The summed E-state index contributed by atoms with van der Waals surface area (Å²) < 4.78 is 2.41. The van der Waals surface area contributed by atoms with Gasteiger partial charge in [0.1, 0.15) is 0 Å². The van der Waals surface area contributed by atoms with E-state index in [1.807, 2.05) is 0 Å². The van der Waals surface area contributed by atoms with E-state index in [-0.39, 0.29) is 10.8 Å². The number of anilines is 3. The molecule has 1 aromatic heterocycles. The van der Waals surface area contributed by atoms with Crippen LogP contribution in [-0.4, -0.2) is 4.57 Å². The van der Waals surface area contributed by atoms with E-state index < -0.39 is 0 Å². The van der Waals surface area contributed by atoms with Crippen molar-refractivity contribution in [3.63, 3.8) is 0 Å². The topological polar surface area (TPSA) is 8.17 Å². The van der Waals surface area contributed by atoms with Gasteiger partial charge in [-0.1, -0.05) is 126 Å². The van der Waals surface area contributed by atoms with Gasteiger partial charge in [0, 0.05) is 27.8 Å². The summed E-state index contributed by atoms with van der Waals surface area (Å²) in [7, 11) is 0. The molecule has 10 aromatic rings. The third kappa shape index (κ3) is 5.39. The molecule has 1 heterocycles. The van der Waals surface area contributed by atoms with Crippen LogP contribution in [0.25, 0.3) is 82.1 Å². The molecular formula is C56H46N2. The largest absolute Gasteiger partial charge is 0.310 e. The van der Waals surface area contributed by atoms with Crippen molar-refractivity contribution in [2.24, 2.45) is 0 Å². The van der Waals surface area contributed by atoms with E-state index in [2.05, 4.69) is 221 Å². The van der Waals surface area contributed by atoms with Gasteiger partial charge in [0.15, 0.2) is 0 Å². The molecule has 0 radical (unpaired) electrons. The lowest BCUT2D eigenvalue weighted by molar-refractivity contribution is 0.590. The van der Waals surface area contributed by atoms with Gasteiger partial charge in [0.25, 0.3) is 0 Å². The van der Waals surface area contributed by atoms with Gasteiger partial charge in [-0.2, -0.15) is 0 Å². The fraction of sp³-hybridized carbons (Fsp3) is 0.143. The first-order chi connectivity index (χ1) is 28.0. The van der Waals surface area contributed by atoms with Gasteiger partial charge in [-0.05, 0) is 161 Å². The predicted molar refractivity (Wildman–Crippen MR) is 250 cm³/mol. The van der Waals surface area contributed by atoms with Gasteiger partial charge in [0.05, 0.1) is 16.7 Å². The summed E-state index contributed by atoms with van der Waals surface area (Å²) in [6, 6.07) is 63.8. The third-order valence-electron chi connectivity index (χ3n) is 12.5. The first kappa shape index (κ1) is 34.6. The molecule has 11 rings (SSSR count). The average molecular weight is 747 g/mol. The van der Waals surface area contributed by atoms with E-state index in [9.17, 15) is 0 Å². The summed E-state index contributed by atoms with van der Waals surface area (Å²) in [4.78, 5) is 2.48. The molecule has 9 aromatic carbocycles. The Balaban J connectivity index is 1.03. The van der Waals surface area contributed by atoms with Crippen molar-refractivity contribution in [1.82, 2.24) is 4.57 Å². The second-order valence-electron chi connectivity index (χ2n) is 18.3. The SMILES string of the molecule is CC(C)(C)c1ccc(N(c2ccc3cc4c(cc3c2)-c2cc3ccc(-n5c6ccccc6c6ccccc65)cc3cc2-4)c2cc3ccccc3cc2C(C)(C)C)cc1. The third-order valence-corrected chi connectivity index (χ3v) is 12.5. The number of fused-ring (bicyclic) bond motifs is 10. The number of nitrogens with zero attached hydrogens (tertiary/aromatic N) is 2. The smallest absolute Gasteiger partial charge is 0.0541 e. The Kier molecular flexibility index (Phi) is 7.41. The fourth-order valence-electron chi connectivity index (χ4n) is 9.43. The van der Waals surface area contributed by atoms with Gasteiger partial charge >= 0.3 is 0 Å². The maximum atomic E-state index is 2.48. The molecule has 0 N–H and O–H groups in total. The Labute approximate surface area is 340 Å². The molecule has 58 heavy (non-hydrogen) atoms. The number of benzene rings is 9. The average Bonchev–Trinajstić information content (AvgIpc) is 3.56. The Hall–Kier alpha value is -6.64. The predicted octanol–water partition coefficient (Wildman–Crippen LogP) is 16.0. The Bertz CT molecular complexity index is 3240. The molecule has 0 amide bonds. The molecule has 1 aliphatic rings. The number of aromatic nitrogens is 1. The first-order valence-corrected chi connectivity index (χ1v) is 20.6. The van der Waals surface area contributed by atoms with Crippen molar-refractivity contribution in [1.29, 1.82) is 0 Å². The van der Waals surface area contributed by atoms with Crippen molar-refractivity contribution < 1.29 is 0 Å².